The number of hydrazone groups is 1. The Morgan fingerprint density at radius 1 is 1.50 bits per heavy atom. The third kappa shape index (κ3) is 1.55. The third-order valence-electron chi connectivity index (χ3n) is 2.32. The molecule has 0 amide bonds. The third-order valence-corrected chi connectivity index (χ3v) is 2.64. The van der Waals surface area contributed by atoms with Crippen LogP contribution in [0.2, 0.25) is 5.02 Å². The Labute approximate surface area is 88.2 Å². The van der Waals surface area contributed by atoms with Gasteiger partial charge in [0.1, 0.15) is 5.84 Å². The lowest BCUT2D eigenvalue weighted by atomic mass is 10.2. The lowest BCUT2D eigenvalue weighted by Crippen LogP contribution is -2.20. The minimum atomic E-state index is 0.297. The Kier molecular flexibility index (Phi) is 2.33. The normalized spacial score (nSPS) is 21.1. The molecule has 0 saturated heterocycles. The number of rotatable bonds is 1. The summed E-state index contributed by atoms with van der Waals surface area (Å²) in [4.78, 5) is 0. The van der Waals surface area contributed by atoms with Crippen LogP contribution in [-0.4, -0.2) is 12.4 Å². The highest BCUT2D eigenvalue weighted by Gasteiger charge is 2.22. The number of hydrogen-bond donors (Lipinski definition) is 1. The molecule has 0 radical (unpaired) electrons. The number of nitrogens with two attached hydrogens (primary N) is 1. The Hall–Kier alpha value is -1.22. The van der Waals surface area contributed by atoms with Gasteiger partial charge in [0, 0.05) is 5.92 Å². The maximum Gasteiger partial charge on any atom is 0.124 e. The van der Waals surface area contributed by atoms with Crippen LogP contribution in [-0.2, 0) is 0 Å². The molecule has 74 valence electrons. The van der Waals surface area contributed by atoms with Gasteiger partial charge in [0.15, 0.2) is 0 Å². The molecule has 0 aliphatic carbocycles. The number of anilines is 1. The summed E-state index contributed by atoms with van der Waals surface area (Å²) in [6, 6.07) is 7.64. The van der Waals surface area contributed by atoms with Gasteiger partial charge in [0.05, 0.1) is 17.3 Å². The summed E-state index contributed by atoms with van der Waals surface area (Å²) >= 11 is 6.05. The molecular weight excluding hydrogens is 198 g/mol. The molecule has 0 spiro atoms. The van der Waals surface area contributed by atoms with Crippen LogP contribution in [0.5, 0.6) is 0 Å². The lowest BCUT2D eigenvalue weighted by Gasteiger charge is -2.15. The number of hydrogen-bond acceptors (Lipinski definition) is 3. The van der Waals surface area contributed by atoms with Crippen LogP contribution in [0.3, 0.4) is 0 Å². The molecule has 3 nitrogen and oxygen atoms in total. The Bertz CT molecular complexity index is 375. The summed E-state index contributed by atoms with van der Waals surface area (Å²) in [5, 5.41) is 6.80. The van der Waals surface area contributed by atoms with Gasteiger partial charge in [-0.15, -0.1) is 0 Å². The highest BCUT2D eigenvalue weighted by molar-refractivity contribution is 6.33. The molecule has 1 aliphatic heterocycles. The molecule has 1 aromatic carbocycles. The van der Waals surface area contributed by atoms with Crippen molar-refractivity contribution in [2.75, 3.05) is 11.6 Å². The molecular formula is C10H12ClN3. The van der Waals surface area contributed by atoms with E-state index < -0.39 is 0 Å². The van der Waals surface area contributed by atoms with Crippen LogP contribution in [0.25, 0.3) is 0 Å². The lowest BCUT2D eigenvalue weighted by molar-refractivity contribution is 0.773. The van der Waals surface area contributed by atoms with Gasteiger partial charge in [-0.3, -0.25) is 5.01 Å². The minimum absolute atomic E-state index is 0.297. The SMILES string of the molecule is C[C@H]1CN(c2ccccc2Cl)N=C1N. The molecule has 0 fully saturated rings. The van der Waals surface area contributed by atoms with E-state index in [0.717, 1.165) is 12.2 Å². The number of halogens is 1. The van der Waals surface area contributed by atoms with Crippen molar-refractivity contribution in [2.45, 2.75) is 6.92 Å². The molecule has 0 unspecified atom stereocenters. The minimum Gasteiger partial charge on any atom is -0.385 e. The van der Waals surface area contributed by atoms with Gasteiger partial charge >= 0.3 is 0 Å². The number of nitrogens with zero attached hydrogens (tertiary/aromatic N) is 2. The molecule has 1 aliphatic rings. The van der Waals surface area contributed by atoms with Crippen molar-refractivity contribution >= 4 is 23.1 Å². The van der Waals surface area contributed by atoms with Crippen LogP contribution in [0.1, 0.15) is 6.92 Å². The number of para-hydroxylation sites is 1. The summed E-state index contributed by atoms with van der Waals surface area (Å²) in [7, 11) is 0. The highest BCUT2D eigenvalue weighted by atomic mass is 35.5. The van der Waals surface area contributed by atoms with Gasteiger partial charge in [-0.2, -0.15) is 5.10 Å². The quantitative estimate of drug-likeness (QED) is 0.770. The standard InChI is InChI=1S/C10H12ClN3/c1-7-6-14(13-10(7)12)9-5-3-2-4-8(9)11/h2-5,7H,6H2,1H3,(H2,12,13)/t7-/m0/s1. The average molecular weight is 210 g/mol. The Morgan fingerprint density at radius 2 is 2.21 bits per heavy atom. The summed E-state index contributed by atoms with van der Waals surface area (Å²) in [6.45, 7) is 2.85. The number of amidine groups is 1. The van der Waals surface area contributed by atoms with Crippen LogP contribution < -0.4 is 10.7 Å². The predicted molar refractivity (Wildman–Crippen MR) is 59.6 cm³/mol. The fraction of sp³-hybridized carbons (Fsp3) is 0.300. The first-order valence-electron chi connectivity index (χ1n) is 4.54. The fourth-order valence-corrected chi connectivity index (χ4v) is 1.68. The Balaban J connectivity index is 2.30. The van der Waals surface area contributed by atoms with E-state index in [1.807, 2.05) is 29.3 Å². The maximum absolute atomic E-state index is 6.05. The largest absolute Gasteiger partial charge is 0.385 e. The van der Waals surface area contributed by atoms with E-state index >= 15 is 0 Å². The molecule has 14 heavy (non-hydrogen) atoms. The zero-order valence-electron chi connectivity index (χ0n) is 7.94. The van der Waals surface area contributed by atoms with E-state index in [1.165, 1.54) is 0 Å². The van der Waals surface area contributed by atoms with E-state index in [4.69, 9.17) is 17.3 Å². The topological polar surface area (TPSA) is 41.6 Å². The zero-order chi connectivity index (χ0) is 10.1. The van der Waals surface area contributed by atoms with Crippen LogP contribution >= 0.6 is 11.6 Å². The first kappa shape index (κ1) is 9.34. The second-order valence-corrected chi connectivity index (χ2v) is 3.87. The van der Waals surface area contributed by atoms with Crippen LogP contribution in [0.4, 0.5) is 5.69 Å². The highest BCUT2D eigenvalue weighted by Crippen LogP contribution is 2.28. The van der Waals surface area contributed by atoms with Crippen LogP contribution in [0, 0.1) is 5.92 Å². The van der Waals surface area contributed by atoms with E-state index in [1.54, 1.807) is 0 Å². The molecule has 4 heteroatoms. The van der Waals surface area contributed by atoms with E-state index in [0.29, 0.717) is 16.8 Å². The van der Waals surface area contributed by atoms with Gasteiger partial charge in [0.25, 0.3) is 0 Å². The molecule has 0 saturated carbocycles. The molecule has 0 bridgehead atoms. The summed E-state index contributed by atoms with van der Waals surface area (Å²) in [5.41, 5.74) is 6.64. The smallest absolute Gasteiger partial charge is 0.124 e. The first-order valence-corrected chi connectivity index (χ1v) is 4.92. The summed E-state index contributed by atoms with van der Waals surface area (Å²) in [5.74, 6) is 0.969. The van der Waals surface area contributed by atoms with Crippen LogP contribution in [0.15, 0.2) is 29.4 Å². The molecule has 1 atom stereocenters. The van der Waals surface area contributed by atoms with Crippen molar-refractivity contribution in [1.82, 2.24) is 0 Å². The zero-order valence-corrected chi connectivity index (χ0v) is 8.70. The van der Waals surface area contributed by atoms with Gasteiger partial charge in [-0.05, 0) is 12.1 Å². The monoisotopic (exact) mass is 209 g/mol. The van der Waals surface area contributed by atoms with Crippen molar-refractivity contribution in [3.63, 3.8) is 0 Å². The van der Waals surface area contributed by atoms with Gasteiger partial charge in [0.2, 0.25) is 0 Å². The maximum atomic E-state index is 6.05. The number of benzene rings is 1. The van der Waals surface area contributed by atoms with Crippen molar-refractivity contribution in [3.05, 3.63) is 29.3 Å². The van der Waals surface area contributed by atoms with Gasteiger partial charge in [-0.25, -0.2) is 0 Å². The Morgan fingerprint density at radius 3 is 2.79 bits per heavy atom. The van der Waals surface area contributed by atoms with E-state index in [-0.39, 0.29) is 0 Å². The summed E-state index contributed by atoms with van der Waals surface area (Å²) < 4.78 is 0. The molecule has 1 aromatic rings. The predicted octanol–water partition coefficient (Wildman–Crippen LogP) is 2.07. The van der Waals surface area contributed by atoms with Gasteiger partial charge in [-0.1, -0.05) is 30.7 Å². The first-order chi connectivity index (χ1) is 6.68. The second kappa shape index (κ2) is 3.50. The van der Waals surface area contributed by atoms with Crippen molar-refractivity contribution in [3.8, 4) is 0 Å². The molecule has 0 aromatic heterocycles. The molecule has 2 N–H and O–H groups in total. The van der Waals surface area contributed by atoms with Crippen molar-refractivity contribution in [1.29, 1.82) is 0 Å². The van der Waals surface area contributed by atoms with Gasteiger partial charge < -0.3 is 5.73 Å². The average Bonchev–Trinajstić information content (AvgIpc) is 2.48. The second-order valence-electron chi connectivity index (χ2n) is 3.46. The van der Waals surface area contributed by atoms with E-state index in [2.05, 4.69) is 12.0 Å². The van der Waals surface area contributed by atoms with E-state index in [9.17, 15) is 0 Å². The summed E-state index contributed by atoms with van der Waals surface area (Å²) in [6.07, 6.45) is 0. The molecule has 2 rings (SSSR count). The van der Waals surface area contributed by atoms with Crippen molar-refractivity contribution < 1.29 is 0 Å². The molecule has 1 heterocycles. The van der Waals surface area contributed by atoms with Crippen molar-refractivity contribution in [2.24, 2.45) is 16.8 Å². The fourth-order valence-electron chi connectivity index (χ4n) is 1.44.